The van der Waals surface area contributed by atoms with Crippen LogP contribution in [0.3, 0.4) is 0 Å². The number of H-pyrrole nitrogens is 1. The van der Waals surface area contributed by atoms with Crippen molar-refractivity contribution in [2.24, 2.45) is 5.41 Å². The number of halogens is 1. The van der Waals surface area contributed by atoms with Crippen LogP contribution in [0.25, 0.3) is 0 Å². The number of methoxy groups -OCH3 is 1. The molecule has 1 amide bonds. The van der Waals surface area contributed by atoms with Gasteiger partial charge in [-0.25, -0.2) is 14.2 Å². The highest BCUT2D eigenvalue weighted by atomic mass is 19.1. The number of carbonyl (C=O) groups is 2. The number of esters is 1. The molecule has 7 nitrogen and oxygen atoms in total. The van der Waals surface area contributed by atoms with Crippen LogP contribution in [0.1, 0.15) is 79.6 Å². The van der Waals surface area contributed by atoms with E-state index in [4.69, 9.17) is 9.47 Å². The van der Waals surface area contributed by atoms with Crippen LogP contribution >= 0.6 is 0 Å². The Kier molecular flexibility index (Phi) is 10.9. The molecule has 1 heterocycles. The van der Waals surface area contributed by atoms with Crippen molar-refractivity contribution < 1.29 is 23.5 Å². The van der Waals surface area contributed by atoms with Crippen LogP contribution < -0.4 is 0 Å². The van der Waals surface area contributed by atoms with Crippen molar-refractivity contribution in [3.05, 3.63) is 88.0 Å². The van der Waals surface area contributed by atoms with Gasteiger partial charge in [0.15, 0.2) is 5.69 Å². The number of aromatic amines is 1. The van der Waals surface area contributed by atoms with E-state index in [0.29, 0.717) is 42.0 Å². The first-order valence-corrected chi connectivity index (χ1v) is 14.0. The maximum atomic E-state index is 14.6. The number of rotatable bonds is 14. The quantitative estimate of drug-likeness (QED) is 0.164. The smallest absolute Gasteiger partial charge is 0.358 e. The minimum Gasteiger partial charge on any atom is -0.497 e. The Labute approximate surface area is 237 Å². The van der Waals surface area contributed by atoms with Crippen LogP contribution in [0.5, 0.6) is 0 Å². The largest absolute Gasteiger partial charge is 0.497 e. The van der Waals surface area contributed by atoms with Crippen molar-refractivity contribution in [1.29, 1.82) is 0 Å². The number of amides is 1. The molecule has 1 aromatic carbocycles. The molecule has 8 heteroatoms. The zero-order valence-electron chi connectivity index (χ0n) is 24.6. The maximum Gasteiger partial charge on any atom is 0.358 e. The zero-order valence-corrected chi connectivity index (χ0v) is 24.6. The number of allylic oxidation sites excluding steroid dienone is 4. The molecule has 0 unspecified atom stereocenters. The highest BCUT2D eigenvalue weighted by molar-refractivity contribution is 5.89. The fourth-order valence-electron chi connectivity index (χ4n) is 4.79. The molecular weight excluding hydrogens is 509 g/mol. The molecule has 1 aliphatic carbocycles. The summed E-state index contributed by atoms with van der Waals surface area (Å²) in [4.78, 5) is 35.8. The number of aryl methyl sites for hydroxylation is 3. The Morgan fingerprint density at radius 1 is 1.20 bits per heavy atom. The van der Waals surface area contributed by atoms with E-state index in [9.17, 15) is 14.0 Å². The van der Waals surface area contributed by atoms with Gasteiger partial charge in [0.1, 0.15) is 17.4 Å². The van der Waals surface area contributed by atoms with Gasteiger partial charge in [-0.15, -0.1) is 0 Å². The molecule has 2 aromatic rings. The third-order valence-corrected chi connectivity index (χ3v) is 7.34. The summed E-state index contributed by atoms with van der Waals surface area (Å²) in [6.07, 6.45) is 11.3. The molecule has 0 radical (unpaired) electrons. The first-order valence-electron chi connectivity index (χ1n) is 14.0. The van der Waals surface area contributed by atoms with Crippen LogP contribution in [0, 0.1) is 25.1 Å². The molecule has 3 rings (SSSR count). The van der Waals surface area contributed by atoms with Crippen LogP contribution in [0.4, 0.5) is 4.39 Å². The van der Waals surface area contributed by atoms with E-state index in [2.05, 4.69) is 16.9 Å². The summed E-state index contributed by atoms with van der Waals surface area (Å²) in [7, 11) is 1.63. The predicted octanol–water partition coefficient (Wildman–Crippen LogP) is 6.53. The van der Waals surface area contributed by atoms with Crippen molar-refractivity contribution in [1.82, 2.24) is 14.9 Å². The van der Waals surface area contributed by atoms with Gasteiger partial charge in [0, 0.05) is 12.2 Å². The molecule has 0 bridgehead atoms. The number of carbonyl (C=O) groups excluding carboxylic acids is 2. The van der Waals surface area contributed by atoms with Gasteiger partial charge < -0.3 is 19.4 Å². The summed E-state index contributed by atoms with van der Waals surface area (Å²) in [5, 5.41) is 0. The van der Waals surface area contributed by atoms with Crippen LogP contribution in [0.2, 0.25) is 0 Å². The SMILES string of the molecule is CC/C=C/C(=C\C=C(/C)C1(C(=O)N(CCCc2cccc(C)c2F)Cc2nc(C(=O)OCC)c(C)[nH]2)CC1)OC. The van der Waals surface area contributed by atoms with E-state index in [1.165, 1.54) is 0 Å². The fourth-order valence-corrected chi connectivity index (χ4v) is 4.79. The van der Waals surface area contributed by atoms with Crippen molar-refractivity contribution >= 4 is 11.9 Å². The Balaban J connectivity index is 1.85. The molecule has 0 spiro atoms. The number of nitrogens with one attached hydrogen (secondary N) is 1. The Morgan fingerprint density at radius 3 is 2.60 bits per heavy atom. The first-order chi connectivity index (χ1) is 19.2. The van der Waals surface area contributed by atoms with Crippen molar-refractivity contribution in [2.45, 2.75) is 73.3 Å². The van der Waals surface area contributed by atoms with Crippen molar-refractivity contribution in [2.75, 3.05) is 20.3 Å². The monoisotopic (exact) mass is 551 g/mol. The van der Waals surface area contributed by atoms with Gasteiger partial charge in [0.25, 0.3) is 0 Å². The van der Waals surface area contributed by atoms with Gasteiger partial charge in [0.2, 0.25) is 5.91 Å². The number of imidazole rings is 1. The summed E-state index contributed by atoms with van der Waals surface area (Å²) < 4.78 is 25.2. The molecule has 0 atom stereocenters. The second-order valence-corrected chi connectivity index (χ2v) is 10.3. The molecule has 1 aliphatic rings. The Hall–Kier alpha value is -3.68. The highest BCUT2D eigenvalue weighted by Crippen LogP contribution is 2.53. The number of benzene rings is 1. The Bertz CT molecular complexity index is 1290. The maximum absolute atomic E-state index is 14.6. The van der Waals surface area contributed by atoms with E-state index < -0.39 is 11.4 Å². The predicted molar refractivity (Wildman–Crippen MR) is 154 cm³/mol. The number of hydrogen-bond acceptors (Lipinski definition) is 5. The molecule has 0 aliphatic heterocycles. The number of aromatic nitrogens is 2. The summed E-state index contributed by atoms with van der Waals surface area (Å²) in [5.74, 6) is 0.551. The average molecular weight is 552 g/mol. The summed E-state index contributed by atoms with van der Waals surface area (Å²) >= 11 is 0. The summed E-state index contributed by atoms with van der Waals surface area (Å²) in [6, 6.07) is 5.39. The summed E-state index contributed by atoms with van der Waals surface area (Å²) in [5.41, 5.74) is 2.44. The van der Waals surface area contributed by atoms with Crippen LogP contribution in [0.15, 0.2) is 53.8 Å². The molecule has 1 N–H and O–H groups in total. The molecule has 0 saturated heterocycles. The van der Waals surface area contributed by atoms with Gasteiger partial charge in [-0.2, -0.15) is 0 Å². The van der Waals surface area contributed by atoms with Crippen LogP contribution in [-0.4, -0.2) is 47.0 Å². The van der Waals surface area contributed by atoms with E-state index in [-0.39, 0.29) is 30.6 Å². The number of hydrogen-bond donors (Lipinski definition) is 1. The van der Waals surface area contributed by atoms with E-state index in [0.717, 1.165) is 30.6 Å². The molecule has 216 valence electrons. The van der Waals surface area contributed by atoms with Crippen molar-refractivity contribution in [3.8, 4) is 0 Å². The van der Waals surface area contributed by atoms with Crippen LogP contribution in [-0.2, 0) is 27.2 Å². The Morgan fingerprint density at radius 2 is 1.95 bits per heavy atom. The molecule has 1 saturated carbocycles. The third-order valence-electron chi connectivity index (χ3n) is 7.34. The normalized spacial score (nSPS) is 14.9. The van der Waals surface area contributed by atoms with Gasteiger partial charge in [0.05, 0.1) is 25.7 Å². The van der Waals surface area contributed by atoms with E-state index >= 15 is 0 Å². The van der Waals surface area contributed by atoms with E-state index in [1.807, 2.05) is 37.3 Å². The number of ether oxygens (including phenoxy) is 2. The molecule has 40 heavy (non-hydrogen) atoms. The van der Waals surface area contributed by atoms with Gasteiger partial charge in [-0.3, -0.25) is 4.79 Å². The standard InChI is InChI=1S/C32H42FN3O4/c1-7-9-15-26(39-6)17-16-23(4)32(18-19-32)31(38)36(20-11-14-25-13-10-12-22(3)28(25)33)21-27-34-24(5)29(35-27)30(37)40-8-2/h9-10,12-13,15-17H,7-8,11,14,18-21H2,1-6H3,(H,34,35)/b15-9+,23-16+,26-17+. The van der Waals surface area contributed by atoms with Gasteiger partial charge in [-0.05, 0) is 83.1 Å². The summed E-state index contributed by atoms with van der Waals surface area (Å²) in [6.45, 7) is 10.2. The van der Waals surface area contributed by atoms with Gasteiger partial charge in [-0.1, -0.05) is 42.8 Å². The van der Waals surface area contributed by atoms with E-state index in [1.54, 1.807) is 44.9 Å². The molecule has 1 fully saturated rings. The molecular formula is C32H42FN3O4. The third kappa shape index (κ3) is 7.49. The van der Waals surface area contributed by atoms with Crippen molar-refractivity contribution in [3.63, 3.8) is 0 Å². The topological polar surface area (TPSA) is 84.5 Å². The first kappa shape index (κ1) is 30.9. The average Bonchev–Trinajstić information content (AvgIpc) is 3.67. The second kappa shape index (κ2) is 14.1. The number of nitrogens with zero attached hydrogens (tertiary/aromatic N) is 2. The molecule has 1 aromatic heterocycles. The highest BCUT2D eigenvalue weighted by Gasteiger charge is 2.52. The zero-order chi connectivity index (χ0) is 29.3. The lowest BCUT2D eigenvalue weighted by Crippen LogP contribution is -2.38. The lowest BCUT2D eigenvalue weighted by atomic mass is 9.94. The fraction of sp³-hybridized carbons (Fsp3) is 0.469. The minimum absolute atomic E-state index is 0.00849. The lowest BCUT2D eigenvalue weighted by Gasteiger charge is -2.27. The second-order valence-electron chi connectivity index (χ2n) is 10.3. The lowest BCUT2D eigenvalue weighted by molar-refractivity contribution is -0.136. The van der Waals surface area contributed by atoms with Gasteiger partial charge >= 0.3 is 5.97 Å². The minimum atomic E-state index is -0.593.